The average molecular weight is 264 g/mol. The van der Waals surface area contributed by atoms with Gasteiger partial charge in [-0.05, 0) is 33.5 Å². The molecule has 0 aromatic carbocycles. The number of aryl methyl sites for hydroxylation is 2. The Morgan fingerprint density at radius 2 is 1.79 bits per heavy atom. The number of hydrogen-bond acceptors (Lipinski definition) is 3. The summed E-state index contributed by atoms with van der Waals surface area (Å²) in [4.78, 5) is 6.68. The Morgan fingerprint density at radius 1 is 1.26 bits per heavy atom. The van der Waals surface area contributed by atoms with Gasteiger partial charge in [0.05, 0.1) is 11.8 Å². The minimum atomic E-state index is -0.110. The third kappa shape index (κ3) is 5.89. The van der Waals surface area contributed by atoms with Crippen molar-refractivity contribution in [3.8, 4) is 6.07 Å². The minimum absolute atomic E-state index is 0.110. The first-order chi connectivity index (χ1) is 9.03. The lowest BCUT2D eigenvalue weighted by atomic mass is 10.3. The molecule has 0 saturated carbocycles. The molecule has 1 rings (SSSR count). The first-order valence-corrected chi connectivity index (χ1v) is 7.20. The summed E-state index contributed by atoms with van der Waals surface area (Å²) in [5.74, 6) is 0.988. The van der Waals surface area contributed by atoms with Gasteiger partial charge in [0, 0.05) is 12.6 Å². The highest BCUT2D eigenvalue weighted by Gasteiger charge is 2.08. The Kier molecular flexibility index (Phi) is 8.90. The Bertz CT molecular complexity index is 380. The molecule has 0 spiro atoms. The number of imidazole rings is 1. The highest BCUT2D eigenvalue weighted by atomic mass is 15.1. The first kappa shape index (κ1) is 17.7. The smallest absolute Gasteiger partial charge is 0.119 e. The predicted molar refractivity (Wildman–Crippen MR) is 80.1 cm³/mol. The second-order valence-corrected chi connectivity index (χ2v) is 4.48. The van der Waals surface area contributed by atoms with Crippen molar-refractivity contribution in [2.24, 2.45) is 0 Å². The van der Waals surface area contributed by atoms with Crippen molar-refractivity contribution in [3.05, 3.63) is 17.7 Å². The van der Waals surface area contributed by atoms with Crippen LogP contribution < -0.4 is 0 Å². The summed E-state index contributed by atoms with van der Waals surface area (Å²) >= 11 is 0. The van der Waals surface area contributed by atoms with Gasteiger partial charge in [0.25, 0.3) is 0 Å². The maximum atomic E-state index is 8.72. The maximum absolute atomic E-state index is 8.72. The molecule has 1 heterocycles. The third-order valence-electron chi connectivity index (χ3n) is 3.19. The highest BCUT2D eigenvalue weighted by Crippen LogP contribution is 2.10. The number of nitriles is 1. The topological polar surface area (TPSA) is 44.9 Å². The van der Waals surface area contributed by atoms with Crippen molar-refractivity contribution in [2.45, 2.75) is 54.0 Å². The molecule has 19 heavy (non-hydrogen) atoms. The lowest BCUT2D eigenvalue weighted by molar-refractivity contribution is 0.321. The van der Waals surface area contributed by atoms with E-state index in [9.17, 15) is 0 Å². The van der Waals surface area contributed by atoms with Gasteiger partial charge in [-0.3, -0.25) is 0 Å². The summed E-state index contributed by atoms with van der Waals surface area (Å²) in [6.45, 7) is 16.0. The molecule has 1 aromatic heterocycles. The zero-order chi connectivity index (χ0) is 14.8. The van der Waals surface area contributed by atoms with E-state index >= 15 is 0 Å². The van der Waals surface area contributed by atoms with E-state index in [1.807, 2.05) is 31.5 Å². The summed E-state index contributed by atoms with van der Waals surface area (Å²) in [5, 5.41) is 8.72. The molecule has 0 amide bonds. The van der Waals surface area contributed by atoms with E-state index in [1.54, 1.807) is 0 Å². The van der Waals surface area contributed by atoms with Crippen LogP contribution in [0.3, 0.4) is 0 Å². The van der Waals surface area contributed by atoms with Gasteiger partial charge in [-0.1, -0.05) is 27.7 Å². The Morgan fingerprint density at radius 3 is 2.11 bits per heavy atom. The van der Waals surface area contributed by atoms with Crippen LogP contribution in [0.4, 0.5) is 0 Å². The molecule has 0 fully saturated rings. The van der Waals surface area contributed by atoms with Gasteiger partial charge < -0.3 is 9.47 Å². The van der Waals surface area contributed by atoms with E-state index in [1.165, 1.54) is 19.6 Å². The van der Waals surface area contributed by atoms with Crippen LogP contribution >= 0.6 is 0 Å². The van der Waals surface area contributed by atoms with Gasteiger partial charge in [0.1, 0.15) is 11.9 Å². The van der Waals surface area contributed by atoms with Crippen LogP contribution in [0.15, 0.2) is 6.20 Å². The van der Waals surface area contributed by atoms with Gasteiger partial charge in [0.15, 0.2) is 0 Å². The van der Waals surface area contributed by atoms with E-state index in [0.717, 1.165) is 17.9 Å². The maximum Gasteiger partial charge on any atom is 0.119 e. The molecule has 0 saturated heterocycles. The lowest BCUT2D eigenvalue weighted by Gasteiger charge is -2.13. The van der Waals surface area contributed by atoms with Crippen molar-refractivity contribution in [2.75, 3.05) is 19.6 Å². The molecule has 108 valence electrons. The van der Waals surface area contributed by atoms with Crippen molar-refractivity contribution >= 4 is 0 Å². The average Bonchev–Trinajstić information content (AvgIpc) is 2.82. The number of hydrogen-bond donors (Lipinski definition) is 0. The highest BCUT2D eigenvalue weighted by molar-refractivity contribution is 5.06. The second kappa shape index (κ2) is 9.57. The zero-order valence-electron chi connectivity index (χ0n) is 13.3. The molecule has 1 atom stereocenters. The fourth-order valence-corrected chi connectivity index (χ4v) is 1.90. The summed E-state index contributed by atoms with van der Waals surface area (Å²) < 4.78 is 1.93. The monoisotopic (exact) mass is 264 g/mol. The van der Waals surface area contributed by atoms with Crippen LogP contribution in [0.1, 0.15) is 52.2 Å². The van der Waals surface area contributed by atoms with Crippen molar-refractivity contribution in [1.29, 1.82) is 5.26 Å². The molecule has 1 aromatic rings. The third-order valence-corrected chi connectivity index (χ3v) is 3.19. The normalized spacial score (nSPS) is 11.7. The zero-order valence-corrected chi connectivity index (χ0v) is 13.3. The standard InChI is InChI=1S/C9H13N3.C6H15N/c1-4-9-11-7(2)6-12(9)8(3)5-10;1-4-7(5-2)6-3/h6,8H,4H2,1-3H3;4-6H2,1-3H3. The summed E-state index contributed by atoms with van der Waals surface area (Å²) in [5.41, 5.74) is 0.981. The first-order valence-electron chi connectivity index (χ1n) is 7.20. The van der Waals surface area contributed by atoms with Crippen LogP contribution in [0.5, 0.6) is 0 Å². The molecule has 0 N–H and O–H groups in total. The fraction of sp³-hybridized carbons (Fsp3) is 0.733. The van der Waals surface area contributed by atoms with E-state index in [-0.39, 0.29) is 6.04 Å². The van der Waals surface area contributed by atoms with E-state index < -0.39 is 0 Å². The van der Waals surface area contributed by atoms with E-state index in [4.69, 9.17) is 5.26 Å². The molecule has 1 unspecified atom stereocenters. The van der Waals surface area contributed by atoms with Crippen LogP contribution in [0, 0.1) is 18.3 Å². The van der Waals surface area contributed by atoms with Gasteiger partial charge in [-0.15, -0.1) is 0 Å². The summed E-state index contributed by atoms with van der Waals surface area (Å²) in [6, 6.07) is 2.08. The Balaban J connectivity index is 0.000000399. The molecule has 0 radical (unpaired) electrons. The Hall–Kier alpha value is -1.34. The van der Waals surface area contributed by atoms with E-state index in [0.29, 0.717) is 0 Å². The fourth-order valence-electron chi connectivity index (χ4n) is 1.90. The minimum Gasteiger partial charge on any atom is -0.318 e. The molecule has 4 nitrogen and oxygen atoms in total. The lowest BCUT2D eigenvalue weighted by Crippen LogP contribution is -2.21. The molecular formula is C15H28N4. The van der Waals surface area contributed by atoms with Crippen LogP contribution in [0.25, 0.3) is 0 Å². The molecule has 0 aliphatic carbocycles. The van der Waals surface area contributed by atoms with Crippen molar-refractivity contribution in [3.63, 3.8) is 0 Å². The number of rotatable bonds is 5. The van der Waals surface area contributed by atoms with Crippen LogP contribution in [-0.2, 0) is 6.42 Å². The van der Waals surface area contributed by atoms with Gasteiger partial charge in [-0.2, -0.15) is 5.26 Å². The SMILES string of the molecule is CCN(CC)CC.CCc1nc(C)cn1C(C)C#N. The second-order valence-electron chi connectivity index (χ2n) is 4.48. The Labute approximate surface area is 118 Å². The van der Waals surface area contributed by atoms with Gasteiger partial charge in [0.2, 0.25) is 0 Å². The van der Waals surface area contributed by atoms with Gasteiger partial charge in [-0.25, -0.2) is 4.98 Å². The number of aromatic nitrogens is 2. The predicted octanol–water partition coefficient (Wildman–Crippen LogP) is 3.19. The van der Waals surface area contributed by atoms with Crippen LogP contribution in [-0.4, -0.2) is 34.1 Å². The van der Waals surface area contributed by atoms with Crippen LogP contribution in [0.2, 0.25) is 0 Å². The summed E-state index contributed by atoms with van der Waals surface area (Å²) in [7, 11) is 0. The largest absolute Gasteiger partial charge is 0.318 e. The molecule has 0 aliphatic heterocycles. The molecule has 4 heteroatoms. The van der Waals surface area contributed by atoms with Crippen molar-refractivity contribution in [1.82, 2.24) is 14.5 Å². The number of nitrogens with zero attached hydrogens (tertiary/aromatic N) is 4. The quantitative estimate of drug-likeness (QED) is 0.820. The molecule has 0 bridgehead atoms. The molecule has 0 aliphatic rings. The van der Waals surface area contributed by atoms with Crippen molar-refractivity contribution < 1.29 is 0 Å². The summed E-state index contributed by atoms with van der Waals surface area (Å²) in [6.07, 6.45) is 2.80. The molecular weight excluding hydrogens is 236 g/mol. The van der Waals surface area contributed by atoms with E-state index in [2.05, 4.69) is 36.7 Å². The van der Waals surface area contributed by atoms with Gasteiger partial charge >= 0.3 is 0 Å².